The number of hydrogen-bond acceptors (Lipinski definition) is 3. The molecule has 1 amide bonds. The number of halogens is 1. The lowest BCUT2D eigenvalue weighted by molar-refractivity contribution is 0.102. The highest BCUT2D eigenvalue weighted by Crippen LogP contribution is 2.18. The highest BCUT2D eigenvalue weighted by Gasteiger charge is 2.17. The van der Waals surface area contributed by atoms with Crippen LogP contribution in [-0.2, 0) is 0 Å². The smallest absolute Gasteiger partial charge is 0.260 e. The van der Waals surface area contributed by atoms with E-state index in [9.17, 15) is 9.18 Å². The summed E-state index contributed by atoms with van der Waals surface area (Å²) in [4.78, 5) is 12.4. The average Bonchev–Trinajstić information content (AvgIpc) is 3.06. The third kappa shape index (κ3) is 2.73. The fourth-order valence-electron chi connectivity index (χ4n) is 2.26. The number of amides is 1. The Morgan fingerprint density at radius 3 is 2.52 bits per heavy atom. The molecular formula is C16H16FN5O. The molecule has 0 fully saturated rings. The van der Waals surface area contributed by atoms with Crippen molar-refractivity contribution in [2.75, 3.05) is 5.32 Å². The molecule has 0 bridgehead atoms. The minimum atomic E-state index is -0.319. The second-order valence-electron chi connectivity index (χ2n) is 5.31. The first kappa shape index (κ1) is 15.0. The lowest BCUT2D eigenvalue weighted by Crippen LogP contribution is -2.14. The summed E-state index contributed by atoms with van der Waals surface area (Å²) in [6.07, 6.45) is 1.49. The molecule has 118 valence electrons. The zero-order valence-corrected chi connectivity index (χ0v) is 13.0. The molecule has 0 saturated carbocycles. The number of nitrogens with zero attached hydrogens (tertiary/aromatic N) is 3. The highest BCUT2D eigenvalue weighted by molar-refractivity contribution is 6.04. The molecule has 3 rings (SSSR count). The van der Waals surface area contributed by atoms with Gasteiger partial charge < -0.3 is 5.32 Å². The van der Waals surface area contributed by atoms with Crippen LogP contribution in [0.2, 0.25) is 0 Å². The van der Waals surface area contributed by atoms with Crippen molar-refractivity contribution in [3.8, 4) is 5.69 Å². The van der Waals surface area contributed by atoms with E-state index in [1.165, 1.54) is 18.3 Å². The first-order valence-electron chi connectivity index (χ1n) is 7.11. The van der Waals surface area contributed by atoms with E-state index >= 15 is 0 Å². The van der Waals surface area contributed by atoms with Crippen LogP contribution in [0.25, 0.3) is 5.69 Å². The van der Waals surface area contributed by atoms with Crippen molar-refractivity contribution in [1.29, 1.82) is 0 Å². The minimum absolute atomic E-state index is 0.287. The van der Waals surface area contributed by atoms with Gasteiger partial charge in [0, 0.05) is 11.3 Å². The number of nitrogens with one attached hydrogen (secondary N) is 2. The Bertz CT molecular complexity index is 863. The second kappa shape index (κ2) is 5.68. The lowest BCUT2D eigenvalue weighted by atomic mass is 10.2. The van der Waals surface area contributed by atoms with Crippen molar-refractivity contribution < 1.29 is 9.18 Å². The van der Waals surface area contributed by atoms with Crippen LogP contribution >= 0.6 is 0 Å². The van der Waals surface area contributed by atoms with E-state index in [-0.39, 0.29) is 11.7 Å². The summed E-state index contributed by atoms with van der Waals surface area (Å²) in [6, 6.07) is 5.93. The van der Waals surface area contributed by atoms with Gasteiger partial charge in [0.1, 0.15) is 5.82 Å². The molecule has 2 heterocycles. The molecule has 0 aliphatic carbocycles. The van der Waals surface area contributed by atoms with Gasteiger partial charge in [-0.1, -0.05) is 0 Å². The summed E-state index contributed by atoms with van der Waals surface area (Å²) in [5.41, 5.74) is 3.59. The molecule has 23 heavy (non-hydrogen) atoms. The summed E-state index contributed by atoms with van der Waals surface area (Å²) in [7, 11) is 0. The molecule has 1 aromatic carbocycles. The quantitative estimate of drug-likeness (QED) is 0.780. The molecule has 0 aliphatic heterocycles. The Labute approximate surface area is 132 Å². The summed E-state index contributed by atoms with van der Waals surface area (Å²) in [5, 5.41) is 13.9. The van der Waals surface area contributed by atoms with E-state index in [1.807, 2.05) is 13.8 Å². The molecule has 0 atom stereocenters. The van der Waals surface area contributed by atoms with Crippen molar-refractivity contribution >= 4 is 11.7 Å². The predicted molar refractivity (Wildman–Crippen MR) is 84.3 cm³/mol. The molecule has 7 heteroatoms. The van der Waals surface area contributed by atoms with Crippen LogP contribution in [-0.4, -0.2) is 25.9 Å². The number of carbonyl (C=O) groups excluding carboxylic acids is 1. The molecular weight excluding hydrogens is 297 g/mol. The van der Waals surface area contributed by atoms with Crippen LogP contribution in [0.3, 0.4) is 0 Å². The average molecular weight is 313 g/mol. The van der Waals surface area contributed by atoms with Gasteiger partial charge in [-0.15, -0.1) is 0 Å². The van der Waals surface area contributed by atoms with Gasteiger partial charge in [-0.3, -0.25) is 9.89 Å². The van der Waals surface area contributed by atoms with E-state index in [2.05, 4.69) is 20.6 Å². The SMILES string of the molecule is Cc1[nH]nc(NC(=O)c2cnn(-c3ccc(F)cc3)c2C)c1C. The van der Waals surface area contributed by atoms with Crippen molar-refractivity contribution in [1.82, 2.24) is 20.0 Å². The van der Waals surface area contributed by atoms with Crippen LogP contribution in [0.15, 0.2) is 30.5 Å². The molecule has 3 aromatic rings. The first-order chi connectivity index (χ1) is 11.0. The predicted octanol–water partition coefficient (Wildman–Crippen LogP) is 2.91. The fourth-order valence-corrected chi connectivity index (χ4v) is 2.26. The van der Waals surface area contributed by atoms with Gasteiger partial charge in [0.05, 0.1) is 23.1 Å². The minimum Gasteiger partial charge on any atom is -0.305 e. The van der Waals surface area contributed by atoms with Gasteiger partial charge >= 0.3 is 0 Å². The summed E-state index contributed by atoms with van der Waals surface area (Å²) in [6.45, 7) is 5.55. The standard InChI is InChI=1S/C16H16FN5O/c1-9-10(2)20-21-15(9)19-16(23)14-8-18-22(11(14)3)13-6-4-12(17)5-7-13/h4-8H,1-3H3,(H2,19,20,21,23). The number of aromatic nitrogens is 4. The van der Waals surface area contributed by atoms with Crippen LogP contribution in [0.1, 0.15) is 27.3 Å². The maximum atomic E-state index is 13.0. The number of hydrogen-bond donors (Lipinski definition) is 2. The van der Waals surface area contributed by atoms with Gasteiger partial charge in [0.2, 0.25) is 0 Å². The summed E-state index contributed by atoms with van der Waals surface area (Å²) in [5.74, 6) is -0.104. The number of aryl methyl sites for hydroxylation is 1. The number of carbonyl (C=O) groups is 1. The van der Waals surface area contributed by atoms with Crippen molar-refractivity contribution in [3.05, 3.63) is 58.8 Å². The number of benzene rings is 1. The van der Waals surface area contributed by atoms with E-state index in [0.717, 1.165) is 11.3 Å². The Morgan fingerprint density at radius 1 is 1.22 bits per heavy atom. The van der Waals surface area contributed by atoms with Gasteiger partial charge in [0.25, 0.3) is 5.91 Å². The van der Waals surface area contributed by atoms with Crippen LogP contribution in [0.5, 0.6) is 0 Å². The van der Waals surface area contributed by atoms with E-state index in [1.54, 1.807) is 23.7 Å². The maximum absolute atomic E-state index is 13.0. The second-order valence-corrected chi connectivity index (χ2v) is 5.31. The van der Waals surface area contributed by atoms with Gasteiger partial charge in [0.15, 0.2) is 5.82 Å². The first-order valence-corrected chi connectivity index (χ1v) is 7.11. The van der Waals surface area contributed by atoms with Crippen LogP contribution < -0.4 is 5.32 Å². The number of aromatic amines is 1. The number of H-pyrrole nitrogens is 1. The Morgan fingerprint density at radius 2 is 1.91 bits per heavy atom. The molecule has 0 unspecified atom stereocenters. The van der Waals surface area contributed by atoms with E-state index in [4.69, 9.17) is 0 Å². The summed E-state index contributed by atoms with van der Waals surface area (Å²) >= 11 is 0. The van der Waals surface area contributed by atoms with Crippen LogP contribution in [0, 0.1) is 26.6 Å². The molecule has 2 aromatic heterocycles. The monoisotopic (exact) mass is 313 g/mol. The Kier molecular flexibility index (Phi) is 3.69. The zero-order chi connectivity index (χ0) is 16.6. The molecule has 2 N–H and O–H groups in total. The molecule has 6 nitrogen and oxygen atoms in total. The van der Waals surface area contributed by atoms with Crippen molar-refractivity contribution in [2.24, 2.45) is 0 Å². The maximum Gasteiger partial charge on any atom is 0.260 e. The normalized spacial score (nSPS) is 10.8. The van der Waals surface area contributed by atoms with Gasteiger partial charge in [-0.05, 0) is 45.0 Å². The number of rotatable bonds is 3. The molecule has 0 aliphatic rings. The highest BCUT2D eigenvalue weighted by atomic mass is 19.1. The number of anilines is 1. The third-order valence-corrected chi connectivity index (χ3v) is 3.81. The van der Waals surface area contributed by atoms with Gasteiger partial charge in [-0.2, -0.15) is 10.2 Å². The molecule has 0 radical (unpaired) electrons. The Balaban J connectivity index is 1.88. The topological polar surface area (TPSA) is 75.6 Å². The molecule has 0 saturated heterocycles. The Hall–Kier alpha value is -2.96. The summed E-state index contributed by atoms with van der Waals surface area (Å²) < 4.78 is 14.6. The zero-order valence-electron chi connectivity index (χ0n) is 13.0. The van der Waals surface area contributed by atoms with Gasteiger partial charge in [-0.25, -0.2) is 9.07 Å². The fraction of sp³-hybridized carbons (Fsp3) is 0.188. The largest absolute Gasteiger partial charge is 0.305 e. The van der Waals surface area contributed by atoms with Crippen molar-refractivity contribution in [3.63, 3.8) is 0 Å². The van der Waals surface area contributed by atoms with Crippen molar-refractivity contribution in [2.45, 2.75) is 20.8 Å². The third-order valence-electron chi connectivity index (χ3n) is 3.81. The van der Waals surface area contributed by atoms with Crippen LogP contribution in [0.4, 0.5) is 10.2 Å². The molecule has 0 spiro atoms. The van der Waals surface area contributed by atoms with E-state index in [0.29, 0.717) is 22.8 Å². The van der Waals surface area contributed by atoms with E-state index < -0.39 is 0 Å². The lowest BCUT2D eigenvalue weighted by Gasteiger charge is -2.06.